The number of ether oxygens (including phenoxy) is 1. The van der Waals surface area contributed by atoms with Crippen molar-refractivity contribution in [3.05, 3.63) is 32.7 Å². The number of morpholine rings is 1. The van der Waals surface area contributed by atoms with Crippen LogP contribution in [0.3, 0.4) is 0 Å². The molecule has 1 aromatic heterocycles. The lowest BCUT2D eigenvalue weighted by molar-refractivity contribution is -0.0305. The van der Waals surface area contributed by atoms with E-state index in [4.69, 9.17) is 28.6 Å². The molecule has 0 radical (unpaired) electrons. The van der Waals surface area contributed by atoms with Gasteiger partial charge in [-0.15, -0.1) is 5.10 Å². The number of aromatic nitrogens is 2. The minimum absolute atomic E-state index is 0.254. The van der Waals surface area contributed by atoms with Gasteiger partial charge < -0.3 is 10.1 Å². The van der Waals surface area contributed by atoms with Gasteiger partial charge in [-0.1, -0.05) is 29.0 Å². The molecule has 0 spiro atoms. The van der Waals surface area contributed by atoms with Crippen LogP contribution in [0.25, 0.3) is 0 Å². The van der Waals surface area contributed by atoms with Crippen molar-refractivity contribution in [1.82, 2.24) is 14.7 Å². The highest BCUT2D eigenvalue weighted by molar-refractivity contribution is 7.73. The fourth-order valence-corrected chi connectivity index (χ4v) is 3.64. The average molecular weight is 371 g/mol. The number of anilines is 2. The normalized spacial score (nSPS) is 19.0. The van der Waals surface area contributed by atoms with Gasteiger partial charge in [0.05, 0.1) is 19.4 Å². The molecule has 0 bridgehead atoms. The van der Waals surface area contributed by atoms with Crippen LogP contribution in [0.2, 0.25) is 5.02 Å². The van der Waals surface area contributed by atoms with Crippen LogP contribution < -0.4 is 5.32 Å². The van der Waals surface area contributed by atoms with Crippen molar-refractivity contribution >= 4 is 46.0 Å². The van der Waals surface area contributed by atoms with Crippen LogP contribution in [-0.2, 0) is 11.4 Å². The summed E-state index contributed by atoms with van der Waals surface area (Å²) in [7, 11) is 0. The van der Waals surface area contributed by atoms with E-state index in [0.29, 0.717) is 6.67 Å². The second-order valence-corrected chi connectivity index (χ2v) is 7.69. The molecule has 5 nitrogen and oxygen atoms in total. The number of rotatable bonds is 4. The first kappa shape index (κ1) is 16.9. The quantitative estimate of drug-likeness (QED) is 0.822. The fourth-order valence-electron chi connectivity index (χ4n) is 2.45. The molecule has 1 aliphatic rings. The van der Waals surface area contributed by atoms with E-state index in [1.54, 1.807) is 0 Å². The van der Waals surface area contributed by atoms with Crippen molar-refractivity contribution in [1.29, 1.82) is 0 Å². The third kappa shape index (κ3) is 4.30. The van der Waals surface area contributed by atoms with Crippen molar-refractivity contribution in [3.63, 3.8) is 0 Å². The molecular weight excluding hydrogens is 352 g/mol. The lowest BCUT2D eigenvalue weighted by Crippen LogP contribution is -2.42. The molecule has 1 unspecified atom stereocenters. The molecule has 1 N–H and O–H groups in total. The SMILES string of the molecule is Cc1ccc(Nc2nn(CN3CCOC(C)C3)c(=S)s2)cc1Cl. The Morgan fingerprint density at radius 1 is 1.52 bits per heavy atom. The summed E-state index contributed by atoms with van der Waals surface area (Å²) in [5, 5.41) is 9.35. The molecule has 1 aromatic carbocycles. The predicted octanol–water partition coefficient (Wildman–Crippen LogP) is 4.06. The van der Waals surface area contributed by atoms with E-state index in [0.717, 1.165) is 45.1 Å². The van der Waals surface area contributed by atoms with Crippen LogP contribution in [0.15, 0.2) is 18.2 Å². The molecule has 0 amide bonds. The molecule has 23 heavy (non-hydrogen) atoms. The van der Waals surface area contributed by atoms with Gasteiger partial charge in [-0.05, 0) is 43.8 Å². The van der Waals surface area contributed by atoms with E-state index in [1.807, 2.05) is 29.8 Å². The van der Waals surface area contributed by atoms with Gasteiger partial charge in [0.1, 0.15) is 0 Å². The van der Waals surface area contributed by atoms with Crippen molar-refractivity contribution in [3.8, 4) is 0 Å². The van der Waals surface area contributed by atoms with Gasteiger partial charge >= 0.3 is 0 Å². The Bertz CT molecular complexity index is 745. The van der Waals surface area contributed by atoms with Crippen molar-refractivity contribution in [2.45, 2.75) is 26.6 Å². The maximum atomic E-state index is 6.16. The molecule has 8 heteroatoms. The molecule has 1 atom stereocenters. The molecule has 2 aromatic rings. The van der Waals surface area contributed by atoms with Crippen molar-refractivity contribution in [2.24, 2.45) is 0 Å². The van der Waals surface area contributed by atoms with E-state index in [-0.39, 0.29) is 6.10 Å². The summed E-state index contributed by atoms with van der Waals surface area (Å²) in [6, 6.07) is 5.87. The zero-order valence-corrected chi connectivity index (χ0v) is 15.5. The van der Waals surface area contributed by atoms with E-state index in [2.05, 4.69) is 22.2 Å². The molecule has 1 saturated heterocycles. The number of hydrogen-bond donors (Lipinski definition) is 1. The third-order valence-electron chi connectivity index (χ3n) is 3.69. The van der Waals surface area contributed by atoms with E-state index < -0.39 is 0 Å². The van der Waals surface area contributed by atoms with E-state index >= 15 is 0 Å². The number of aryl methyl sites for hydroxylation is 1. The number of benzene rings is 1. The van der Waals surface area contributed by atoms with E-state index in [9.17, 15) is 0 Å². The lowest BCUT2D eigenvalue weighted by atomic mass is 10.2. The van der Waals surface area contributed by atoms with E-state index in [1.165, 1.54) is 11.3 Å². The second kappa shape index (κ2) is 7.27. The topological polar surface area (TPSA) is 42.3 Å². The van der Waals surface area contributed by atoms with Gasteiger partial charge in [-0.2, -0.15) is 0 Å². The second-order valence-electron chi connectivity index (χ2n) is 5.66. The minimum Gasteiger partial charge on any atom is -0.376 e. The Hall–Kier alpha value is -0.990. The Labute approximate surface area is 149 Å². The third-order valence-corrected chi connectivity index (χ3v) is 5.32. The zero-order chi connectivity index (χ0) is 16.4. The number of halogens is 1. The van der Waals surface area contributed by atoms with Crippen LogP contribution in [-0.4, -0.2) is 40.5 Å². The standard InChI is InChI=1S/C15H19ClN4OS2/c1-10-3-4-12(7-13(10)16)17-14-18-20(15(22)23-14)9-19-5-6-21-11(2)8-19/h3-4,7,11H,5-6,8-9H2,1-2H3,(H,17,18). The van der Waals surface area contributed by atoms with Gasteiger partial charge in [-0.25, -0.2) is 4.68 Å². The Kier molecular flexibility index (Phi) is 5.33. The highest BCUT2D eigenvalue weighted by atomic mass is 35.5. The van der Waals surface area contributed by atoms with Gasteiger partial charge in [0.15, 0.2) is 3.95 Å². The van der Waals surface area contributed by atoms with Crippen LogP contribution in [0, 0.1) is 10.9 Å². The first-order chi connectivity index (χ1) is 11.0. The summed E-state index contributed by atoms with van der Waals surface area (Å²) in [6.45, 7) is 7.31. The van der Waals surface area contributed by atoms with Gasteiger partial charge in [0, 0.05) is 23.8 Å². The molecule has 0 saturated carbocycles. The average Bonchev–Trinajstić information content (AvgIpc) is 2.83. The van der Waals surface area contributed by atoms with Crippen LogP contribution in [0.4, 0.5) is 10.8 Å². The summed E-state index contributed by atoms with van der Waals surface area (Å²) in [5.74, 6) is 0. The summed E-state index contributed by atoms with van der Waals surface area (Å²) in [5.41, 5.74) is 1.97. The van der Waals surface area contributed by atoms with Crippen LogP contribution >= 0.6 is 35.2 Å². The maximum absolute atomic E-state index is 6.16. The van der Waals surface area contributed by atoms with Gasteiger partial charge in [-0.3, -0.25) is 4.90 Å². The highest BCUT2D eigenvalue weighted by Crippen LogP contribution is 2.25. The Morgan fingerprint density at radius 3 is 3.09 bits per heavy atom. The van der Waals surface area contributed by atoms with Crippen molar-refractivity contribution < 1.29 is 4.74 Å². The monoisotopic (exact) mass is 370 g/mol. The minimum atomic E-state index is 0.254. The Balaban J connectivity index is 1.70. The van der Waals surface area contributed by atoms with Crippen molar-refractivity contribution in [2.75, 3.05) is 25.0 Å². The summed E-state index contributed by atoms with van der Waals surface area (Å²) in [6.07, 6.45) is 0.254. The smallest absolute Gasteiger partial charge is 0.209 e. The summed E-state index contributed by atoms with van der Waals surface area (Å²) < 4.78 is 8.17. The summed E-state index contributed by atoms with van der Waals surface area (Å²) >= 11 is 13.0. The van der Waals surface area contributed by atoms with Crippen LogP contribution in [0.1, 0.15) is 12.5 Å². The number of hydrogen-bond acceptors (Lipinski definition) is 6. The van der Waals surface area contributed by atoms with Crippen LogP contribution in [0.5, 0.6) is 0 Å². The Morgan fingerprint density at radius 2 is 2.35 bits per heavy atom. The number of nitrogens with one attached hydrogen (secondary N) is 1. The zero-order valence-electron chi connectivity index (χ0n) is 13.1. The highest BCUT2D eigenvalue weighted by Gasteiger charge is 2.17. The largest absolute Gasteiger partial charge is 0.376 e. The fraction of sp³-hybridized carbons (Fsp3) is 0.467. The van der Waals surface area contributed by atoms with Gasteiger partial charge in [0.25, 0.3) is 0 Å². The molecule has 0 aliphatic carbocycles. The first-order valence-corrected chi connectivity index (χ1v) is 9.06. The molecule has 1 fully saturated rings. The summed E-state index contributed by atoms with van der Waals surface area (Å²) in [4.78, 5) is 2.30. The number of nitrogens with zero attached hydrogens (tertiary/aromatic N) is 3. The maximum Gasteiger partial charge on any atom is 0.209 e. The predicted molar refractivity (Wildman–Crippen MR) is 97.4 cm³/mol. The van der Waals surface area contributed by atoms with Gasteiger partial charge in [0.2, 0.25) is 5.13 Å². The molecule has 124 valence electrons. The molecule has 1 aliphatic heterocycles. The first-order valence-electron chi connectivity index (χ1n) is 7.46. The molecular formula is C15H19ClN4OS2. The molecule has 3 rings (SSSR count). The molecule has 2 heterocycles. The lowest BCUT2D eigenvalue weighted by Gasteiger charge is -2.30.